The van der Waals surface area contributed by atoms with Crippen molar-refractivity contribution < 1.29 is 19.4 Å². The zero-order chi connectivity index (χ0) is 28.2. The van der Waals surface area contributed by atoms with Crippen molar-refractivity contribution in [2.24, 2.45) is 16.5 Å². The van der Waals surface area contributed by atoms with Gasteiger partial charge in [-0.3, -0.25) is 4.79 Å². The Labute approximate surface area is 230 Å². The van der Waals surface area contributed by atoms with Crippen LogP contribution in [0.1, 0.15) is 65.2 Å². The van der Waals surface area contributed by atoms with E-state index in [1.54, 1.807) is 24.3 Å². The lowest BCUT2D eigenvalue weighted by atomic mass is 9.85. The van der Waals surface area contributed by atoms with Crippen molar-refractivity contribution in [1.82, 2.24) is 0 Å². The first-order valence-electron chi connectivity index (χ1n) is 13.3. The Kier molecular flexibility index (Phi) is 8.33. The van der Waals surface area contributed by atoms with Crippen molar-refractivity contribution in [1.29, 1.82) is 0 Å². The molecule has 0 aromatic heterocycles. The first-order chi connectivity index (χ1) is 18.6. The number of ether oxygens (including phenoxy) is 2. The molecule has 0 aliphatic carbocycles. The summed E-state index contributed by atoms with van der Waals surface area (Å²) in [4.78, 5) is 16.5. The van der Waals surface area contributed by atoms with Crippen molar-refractivity contribution in [3.05, 3.63) is 76.3 Å². The highest BCUT2D eigenvalue weighted by Crippen LogP contribution is 2.44. The van der Waals surface area contributed by atoms with E-state index in [0.29, 0.717) is 29.3 Å². The molecule has 8 heteroatoms. The van der Waals surface area contributed by atoms with Crippen LogP contribution >= 0.6 is 0 Å². The minimum absolute atomic E-state index is 0.0315. The summed E-state index contributed by atoms with van der Waals surface area (Å²) in [7, 11) is 0. The van der Waals surface area contributed by atoms with Crippen molar-refractivity contribution >= 4 is 23.2 Å². The fraction of sp³-hybridized carbons (Fsp3) is 0.355. The second-order valence-electron chi connectivity index (χ2n) is 10.5. The summed E-state index contributed by atoms with van der Waals surface area (Å²) in [5.41, 5.74) is 16.3. The lowest BCUT2D eigenvalue weighted by Gasteiger charge is -2.38. The monoisotopic (exact) mass is 530 g/mol. The number of guanidine groups is 1. The molecule has 3 aromatic rings. The summed E-state index contributed by atoms with van der Waals surface area (Å²) in [6.07, 6.45) is 4.67. The quantitative estimate of drug-likeness (QED) is 0.157. The number of unbranched alkanes of at least 4 members (excludes halogenated alkanes) is 1. The Morgan fingerprint density at radius 2 is 1.72 bits per heavy atom. The molecule has 1 unspecified atom stereocenters. The molecule has 6 N–H and O–H groups in total. The number of fused-ring (bicyclic) bond motifs is 1. The van der Waals surface area contributed by atoms with Crippen LogP contribution in [-0.4, -0.2) is 29.2 Å². The molecule has 206 valence electrons. The molecule has 1 heterocycles. The predicted molar refractivity (Wildman–Crippen MR) is 155 cm³/mol. The average Bonchev–Trinajstić information content (AvgIpc) is 2.91. The number of phenolic OH excluding ortho intramolecular Hbond substituents is 1. The fourth-order valence-corrected chi connectivity index (χ4v) is 4.94. The third-order valence-electron chi connectivity index (χ3n) is 7.46. The molecule has 0 radical (unpaired) electrons. The standard InChI is InChI=1S/C31H38N4O4/c1-19-20(2)28-26(21(3)27(19)36)15-17-31(4,39-28)16-5-6-18-38-25-13-11-23(12-14-25)34-29(37)22-7-9-24(10-8-22)35-30(32)33/h7-14,36H,5-6,15-18H2,1-4H3,(H,34,37)(H4,32,33,35). The van der Waals surface area contributed by atoms with E-state index in [0.717, 1.165) is 65.9 Å². The smallest absolute Gasteiger partial charge is 0.255 e. The van der Waals surface area contributed by atoms with Gasteiger partial charge in [0.15, 0.2) is 5.96 Å². The molecule has 0 saturated heterocycles. The van der Waals surface area contributed by atoms with E-state index in [1.165, 1.54) is 0 Å². The molecule has 0 bridgehead atoms. The van der Waals surface area contributed by atoms with Gasteiger partial charge >= 0.3 is 0 Å². The molecule has 4 rings (SSSR count). The molecule has 3 aromatic carbocycles. The van der Waals surface area contributed by atoms with Crippen molar-refractivity contribution in [2.75, 3.05) is 11.9 Å². The molecule has 1 aliphatic rings. The van der Waals surface area contributed by atoms with Crippen LogP contribution in [0.15, 0.2) is 53.5 Å². The van der Waals surface area contributed by atoms with Crippen LogP contribution < -0.4 is 26.3 Å². The van der Waals surface area contributed by atoms with E-state index in [1.807, 2.05) is 45.0 Å². The number of anilines is 1. The summed E-state index contributed by atoms with van der Waals surface area (Å²) in [6.45, 7) is 8.72. The number of nitrogens with two attached hydrogens (primary N) is 2. The van der Waals surface area contributed by atoms with E-state index in [4.69, 9.17) is 20.9 Å². The van der Waals surface area contributed by atoms with Gasteiger partial charge in [-0.2, -0.15) is 0 Å². The van der Waals surface area contributed by atoms with Gasteiger partial charge in [0.1, 0.15) is 22.8 Å². The molecular formula is C31H38N4O4. The van der Waals surface area contributed by atoms with E-state index in [-0.39, 0.29) is 17.5 Å². The van der Waals surface area contributed by atoms with Crippen LogP contribution in [-0.2, 0) is 6.42 Å². The number of carbonyl (C=O) groups is 1. The molecule has 0 saturated carbocycles. The minimum atomic E-state index is -0.224. The van der Waals surface area contributed by atoms with Crippen molar-refractivity contribution in [3.8, 4) is 17.2 Å². The Morgan fingerprint density at radius 1 is 1.03 bits per heavy atom. The average molecular weight is 531 g/mol. The largest absolute Gasteiger partial charge is 0.507 e. The summed E-state index contributed by atoms with van der Waals surface area (Å²) in [5, 5.41) is 13.3. The number of nitrogens with zero attached hydrogens (tertiary/aromatic N) is 1. The van der Waals surface area contributed by atoms with Gasteiger partial charge in [0, 0.05) is 16.8 Å². The van der Waals surface area contributed by atoms with Crippen LogP contribution in [0.5, 0.6) is 17.2 Å². The number of aromatic hydroxyl groups is 1. The zero-order valence-electron chi connectivity index (χ0n) is 23.1. The van der Waals surface area contributed by atoms with E-state index in [2.05, 4.69) is 17.2 Å². The molecule has 1 atom stereocenters. The van der Waals surface area contributed by atoms with Crippen LogP contribution in [0.3, 0.4) is 0 Å². The maximum absolute atomic E-state index is 12.5. The number of hydrogen-bond donors (Lipinski definition) is 4. The zero-order valence-corrected chi connectivity index (χ0v) is 23.1. The van der Waals surface area contributed by atoms with Gasteiger partial charge in [0.25, 0.3) is 5.91 Å². The number of aliphatic imine (C=N–C) groups is 1. The van der Waals surface area contributed by atoms with Crippen molar-refractivity contribution in [2.45, 2.75) is 65.4 Å². The lowest BCUT2D eigenvalue weighted by molar-refractivity contribution is 0.0513. The third kappa shape index (κ3) is 6.63. The normalized spacial score (nSPS) is 16.1. The summed E-state index contributed by atoms with van der Waals surface area (Å²) < 4.78 is 12.5. The molecule has 1 amide bonds. The Morgan fingerprint density at radius 3 is 2.38 bits per heavy atom. The fourth-order valence-electron chi connectivity index (χ4n) is 4.94. The highest BCUT2D eigenvalue weighted by atomic mass is 16.5. The predicted octanol–water partition coefficient (Wildman–Crippen LogP) is 5.81. The maximum Gasteiger partial charge on any atom is 0.255 e. The van der Waals surface area contributed by atoms with Gasteiger partial charge in [0.05, 0.1) is 12.3 Å². The highest BCUT2D eigenvalue weighted by molar-refractivity contribution is 6.04. The Balaban J connectivity index is 1.22. The van der Waals surface area contributed by atoms with Crippen LogP contribution in [0.4, 0.5) is 11.4 Å². The number of amides is 1. The first kappa shape index (κ1) is 27.8. The highest BCUT2D eigenvalue weighted by Gasteiger charge is 2.34. The second kappa shape index (κ2) is 11.7. The summed E-state index contributed by atoms with van der Waals surface area (Å²) in [5.74, 6) is 1.84. The molecule has 1 aliphatic heterocycles. The van der Waals surface area contributed by atoms with Gasteiger partial charge in [-0.05, 0) is 125 Å². The van der Waals surface area contributed by atoms with Gasteiger partial charge in [-0.15, -0.1) is 0 Å². The van der Waals surface area contributed by atoms with Gasteiger partial charge in [-0.25, -0.2) is 4.99 Å². The number of carbonyl (C=O) groups excluding carboxylic acids is 1. The van der Waals surface area contributed by atoms with Crippen molar-refractivity contribution in [3.63, 3.8) is 0 Å². The second-order valence-corrected chi connectivity index (χ2v) is 10.5. The molecule has 39 heavy (non-hydrogen) atoms. The number of phenols is 1. The number of hydrogen-bond acceptors (Lipinski definition) is 5. The van der Waals surface area contributed by atoms with Crippen LogP contribution in [0, 0.1) is 20.8 Å². The number of nitrogens with one attached hydrogen (secondary N) is 1. The summed E-state index contributed by atoms with van der Waals surface area (Å²) in [6, 6.07) is 14.0. The Bertz CT molecular complexity index is 1360. The SMILES string of the molecule is Cc1c(C)c2c(c(C)c1O)CCC(C)(CCCCOc1ccc(NC(=O)c3ccc(N=C(N)N)cc3)cc1)O2. The molecule has 8 nitrogen and oxygen atoms in total. The Hall–Kier alpha value is -4.20. The maximum atomic E-state index is 12.5. The molecular weight excluding hydrogens is 492 g/mol. The van der Waals surface area contributed by atoms with Gasteiger partial charge in [-0.1, -0.05) is 0 Å². The topological polar surface area (TPSA) is 132 Å². The number of rotatable bonds is 9. The van der Waals surface area contributed by atoms with Gasteiger partial charge in [0.2, 0.25) is 0 Å². The van der Waals surface area contributed by atoms with Crippen LogP contribution in [0.25, 0.3) is 0 Å². The molecule has 0 fully saturated rings. The van der Waals surface area contributed by atoms with Crippen LogP contribution in [0.2, 0.25) is 0 Å². The lowest BCUT2D eigenvalue weighted by Crippen LogP contribution is -2.37. The van der Waals surface area contributed by atoms with E-state index >= 15 is 0 Å². The number of benzene rings is 3. The van der Waals surface area contributed by atoms with E-state index in [9.17, 15) is 9.90 Å². The third-order valence-corrected chi connectivity index (χ3v) is 7.46. The van der Waals surface area contributed by atoms with E-state index < -0.39 is 0 Å². The first-order valence-corrected chi connectivity index (χ1v) is 13.3. The van der Waals surface area contributed by atoms with Gasteiger partial charge < -0.3 is 31.4 Å². The minimum Gasteiger partial charge on any atom is -0.507 e. The summed E-state index contributed by atoms with van der Waals surface area (Å²) >= 11 is 0. The molecule has 0 spiro atoms.